The van der Waals surface area contributed by atoms with E-state index in [0.29, 0.717) is 17.6 Å². The predicted molar refractivity (Wildman–Crippen MR) is 84.6 cm³/mol. The summed E-state index contributed by atoms with van der Waals surface area (Å²) in [7, 11) is 0. The van der Waals surface area contributed by atoms with Crippen molar-refractivity contribution in [2.75, 3.05) is 13.1 Å². The largest absolute Gasteiger partial charge is 0.329 e. The van der Waals surface area contributed by atoms with Gasteiger partial charge < -0.3 is 5.73 Å². The molecule has 1 aromatic rings. The number of halogens is 2. The highest BCUT2D eigenvalue weighted by Gasteiger charge is 2.23. The Morgan fingerprint density at radius 3 is 2.50 bits per heavy atom. The van der Waals surface area contributed by atoms with Crippen LogP contribution >= 0.6 is 11.6 Å². The van der Waals surface area contributed by atoms with Gasteiger partial charge in [-0.15, -0.1) is 0 Å². The zero-order valence-electron chi connectivity index (χ0n) is 12.7. The van der Waals surface area contributed by atoms with Crippen LogP contribution in [0.15, 0.2) is 18.2 Å². The maximum atomic E-state index is 13.2. The number of unbranched alkanes of at least 4 members (excludes halogenated alkanes) is 2. The second kappa shape index (κ2) is 8.60. The summed E-state index contributed by atoms with van der Waals surface area (Å²) in [4.78, 5) is 2.36. The topological polar surface area (TPSA) is 29.3 Å². The van der Waals surface area contributed by atoms with Crippen LogP contribution in [0.1, 0.15) is 51.6 Å². The predicted octanol–water partition coefficient (Wildman–Crippen LogP) is 4.38. The third-order valence-electron chi connectivity index (χ3n) is 3.63. The molecule has 0 amide bonds. The van der Waals surface area contributed by atoms with Crippen LogP contribution in [0.25, 0.3) is 0 Å². The number of hydrogen-bond acceptors (Lipinski definition) is 2. The summed E-state index contributed by atoms with van der Waals surface area (Å²) in [6.45, 7) is 7.98. The minimum Gasteiger partial charge on any atom is -0.329 e. The molecule has 0 aliphatic heterocycles. The molecule has 0 spiro atoms. The zero-order chi connectivity index (χ0) is 15.1. The molecule has 0 aliphatic rings. The number of rotatable bonds is 8. The zero-order valence-corrected chi connectivity index (χ0v) is 13.5. The van der Waals surface area contributed by atoms with Crippen molar-refractivity contribution >= 4 is 11.6 Å². The van der Waals surface area contributed by atoms with Crippen LogP contribution in [0.5, 0.6) is 0 Å². The lowest BCUT2D eigenvalue weighted by Crippen LogP contribution is -2.39. The molecule has 1 atom stereocenters. The van der Waals surface area contributed by atoms with Gasteiger partial charge in [-0.05, 0) is 44.5 Å². The molecule has 0 saturated carbocycles. The van der Waals surface area contributed by atoms with Crippen molar-refractivity contribution in [3.63, 3.8) is 0 Å². The first-order valence-electron chi connectivity index (χ1n) is 7.42. The van der Waals surface area contributed by atoms with Crippen LogP contribution < -0.4 is 5.73 Å². The molecule has 0 aromatic heterocycles. The van der Waals surface area contributed by atoms with Crippen LogP contribution in [0, 0.1) is 5.82 Å². The molecule has 0 aliphatic carbocycles. The van der Waals surface area contributed by atoms with Crippen molar-refractivity contribution in [2.45, 2.75) is 52.1 Å². The van der Waals surface area contributed by atoms with Crippen molar-refractivity contribution < 1.29 is 4.39 Å². The lowest BCUT2D eigenvalue weighted by atomic mass is 10.0. The minimum absolute atomic E-state index is 0.0416. The van der Waals surface area contributed by atoms with Gasteiger partial charge in [-0.3, -0.25) is 4.90 Å². The van der Waals surface area contributed by atoms with E-state index in [-0.39, 0.29) is 11.9 Å². The fourth-order valence-corrected chi connectivity index (χ4v) is 2.82. The lowest BCUT2D eigenvalue weighted by Gasteiger charge is -2.35. The van der Waals surface area contributed by atoms with Crippen LogP contribution in [0.2, 0.25) is 5.02 Å². The molecular formula is C16H26ClFN2. The van der Waals surface area contributed by atoms with Gasteiger partial charge in [0.1, 0.15) is 5.82 Å². The minimum atomic E-state index is -0.309. The molecule has 0 fully saturated rings. The van der Waals surface area contributed by atoms with Gasteiger partial charge >= 0.3 is 0 Å². The Morgan fingerprint density at radius 2 is 2.00 bits per heavy atom. The van der Waals surface area contributed by atoms with Gasteiger partial charge in [0.05, 0.1) is 0 Å². The van der Waals surface area contributed by atoms with Crippen LogP contribution in [0.3, 0.4) is 0 Å². The monoisotopic (exact) mass is 300 g/mol. The van der Waals surface area contributed by atoms with Gasteiger partial charge in [-0.2, -0.15) is 0 Å². The standard InChI is InChI=1S/C16H26ClFN2/c1-4-5-6-9-20(12(2)3)16(11-19)14-8-7-13(18)10-15(14)17/h7-8,10,12,16H,4-6,9,11,19H2,1-3H3. The van der Waals surface area contributed by atoms with E-state index in [1.54, 1.807) is 6.07 Å². The van der Waals surface area contributed by atoms with Gasteiger partial charge in [-0.25, -0.2) is 4.39 Å². The van der Waals surface area contributed by atoms with Crippen LogP contribution in [-0.2, 0) is 0 Å². The molecule has 0 saturated heterocycles. The lowest BCUT2D eigenvalue weighted by molar-refractivity contribution is 0.154. The SMILES string of the molecule is CCCCCN(C(C)C)C(CN)c1ccc(F)cc1Cl. The molecule has 2 nitrogen and oxygen atoms in total. The Bertz CT molecular complexity index is 409. The van der Waals surface area contributed by atoms with Crippen molar-refractivity contribution in [1.82, 2.24) is 4.90 Å². The van der Waals surface area contributed by atoms with Crippen molar-refractivity contribution in [3.05, 3.63) is 34.6 Å². The fourth-order valence-electron chi connectivity index (χ4n) is 2.53. The molecule has 1 unspecified atom stereocenters. The number of nitrogens with zero attached hydrogens (tertiary/aromatic N) is 1. The first-order valence-corrected chi connectivity index (χ1v) is 7.79. The second-order valence-corrected chi connectivity index (χ2v) is 5.86. The normalized spacial score (nSPS) is 13.2. The summed E-state index contributed by atoms with van der Waals surface area (Å²) < 4.78 is 13.2. The first-order chi connectivity index (χ1) is 9.51. The van der Waals surface area contributed by atoms with Gasteiger partial charge in [0.2, 0.25) is 0 Å². The van der Waals surface area contributed by atoms with Gasteiger partial charge in [0.25, 0.3) is 0 Å². The highest BCUT2D eigenvalue weighted by atomic mass is 35.5. The Kier molecular flexibility index (Phi) is 7.49. The Morgan fingerprint density at radius 1 is 1.30 bits per heavy atom. The third kappa shape index (κ3) is 4.72. The Balaban J connectivity index is 2.94. The van der Waals surface area contributed by atoms with Gasteiger partial charge in [0.15, 0.2) is 0 Å². The second-order valence-electron chi connectivity index (χ2n) is 5.46. The summed E-state index contributed by atoms with van der Waals surface area (Å²) >= 11 is 6.19. The molecular weight excluding hydrogens is 275 g/mol. The van der Waals surface area contributed by atoms with E-state index in [2.05, 4.69) is 25.7 Å². The molecule has 1 rings (SSSR count). The summed E-state index contributed by atoms with van der Waals surface area (Å²) in [6.07, 6.45) is 3.54. The summed E-state index contributed by atoms with van der Waals surface area (Å²) in [5.41, 5.74) is 6.88. The third-order valence-corrected chi connectivity index (χ3v) is 3.96. The van der Waals surface area contributed by atoms with E-state index in [1.165, 1.54) is 25.0 Å². The number of benzene rings is 1. The van der Waals surface area contributed by atoms with Crippen molar-refractivity contribution in [3.8, 4) is 0 Å². The molecule has 4 heteroatoms. The average molecular weight is 301 g/mol. The molecule has 0 radical (unpaired) electrons. The van der Waals surface area contributed by atoms with Gasteiger partial charge in [-0.1, -0.05) is 37.4 Å². The average Bonchev–Trinajstić information content (AvgIpc) is 2.39. The maximum Gasteiger partial charge on any atom is 0.124 e. The highest BCUT2D eigenvalue weighted by molar-refractivity contribution is 6.31. The molecule has 20 heavy (non-hydrogen) atoms. The van der Waals surface area contributed by atoms with E-state index in [4.69, 9.17) is 17.3 Å². The molecule has 2 N–H and O–H groups in total. The number of nitrogens with two attached hydrogens (primary N) is 1. The Hall–Kier alpha value is -0.640. The molecule has 114 valence electrons. The van der Waals surface area contributed by atoms with Crippen molar-refractivity contribution in [1.29, 1.82) is 0 Å². The summed E-state index contributed by atoms with van der Waals surface area (Å²) in [5, 5.41) is 0.460. The van der Waals surface area contributed by atoms with Gasteiger partial charge in [0, 0.05) is 23.7 Å². The van der Waals surface area contributed by atoms with E-state index < -0.39 is 0 Å². The van der Waals surface area contributed by atoms with Crippen LogP contribution in [0.4, 0.5) is 4.39 Å². The molecule has 1 aromatic carbocycles. The first kappa shape index (κ1) is 17.4. The van der Waals surface area contributed by atoms with Crippen molar-refractivity contribution in [2.24, 2.45) is 5.73 Å². The van der Waals surface area contributed by atoms with E-state index in [1.807, 2.05) is 0 Å². The molecule has 0 bridgehead atoms. The number of hydrogen-bond donors (Lipinski definition) is 1. The van der Waals surface area contributed by atoms with Crippen LogP contribution in [-0.4, -0.2) is 24.0 Å². The summed E-state index contributed by atoms with van der Waals surface area (Å²) in [6, 6.07) is 4.99. The smallest absolute Gasteiger partial charge is 0.124 e. The van der Waals surface area contributed by atoms with E-state index in [0.717, 1.165) is 18.5 Å². The maximum absolute atomic E-state index is 13.2. The highest BCUT2D eigenvalue weighted by Crippen LogP contribution is 2.29. The quantitative estimate of drug-likeness (QED) is 0.722. The fraction of sp³-hybridized carbons (Fsp3) is 0.625. The van der Waals surface area contributed by atoms with E-state index in [9.17, 15) is 4.39 Å². The Labute approximate surface area is 127 Å². The van der Waals surface area contributed by atoms with E-state index >= 15 is 0 Å². The summed E-state index contributed by atoms with van der Waals surface area (Å²) in [5.74, 6) is -0.309. The molecule has 0 heterocycles.